The van der Waals surface area contributed by atoms with Crippen LogP contribution in [0.4, 0.5) is 27.5 Å². The summed E-state index contributed by atoms with van der Waals surface area (Å²) in [5.41, 5.74) is 1.67. The molecule has 0 bridgehead atoms. The van der Waals surface area contributed by atoms with E-state index in [-0.39, 0.29) is 16.7 Å². The van der Waals surface area contributed by atoms with Crippen molar-refractivity contribution < 1.29 is 17.5 Å². The monoisotopic (exact) mass is 442 g/mol. The third kappa shape index (κ3) is 5.65. The lowest BCUT2D eigenvalue weighted by Crippen LogP contribution is -2.12. The van der Waals surface area contributed by atoms with Crippen molar-refractivity contribution in [1.29, 1.82) is 5.26 Å². The Labute approximate surface area is 178 Å². The van der Waals surface area contributed by atoms with Gasteiger partial charge in [0, 0.05) is 11.4 Å². The molecule has 0 aliphatic rings. The van der Waals surface area contributed by atoms with Crippen LogP contribution < -0.4 is 20.5 Å². The molecule has 1 heterocycles. The Hall–Kier alpha value is -3.75. The summed E-state index contributed by atoms with van der Waals surface area (Å²) in [6.45, 7) is 3.43. The first kappa shape index (κ1) is 21.9. The van der Waals surface area contributed by atoms with Crippen molar-refractivity contribution in [3.63, 3.8) is 0 Å². The molecular weight excluding hydrogens is 423 g/mol. The molecule has 3 aromatic rings. The topological polar surface area (TPSA) is 143 Å². The minimum absolute atomic E-state index is 0.0509. The van der Waals surface area contributed by atoms with E-state index in [1.807, 2.05) is 6.07 Å². The maximum absolute atomic E-state index is 14.2. The molecule has 31 heavy (non-hydrogen) atoms. The first-order chi connectivity index (χ1) is 14.7. The molecule has 160 valence electrons. The van der Waals surface area contributed by atoms with Crippen LogP contribution in [0.15, 0.2) is 53.6 Å². The van der Waals surface area contributed by atoms with Crippen LogP contribution in [-0.2, 0) is 10.0 Å². The van der Waals surface area contributed by atoms with Gasteiger partial charge in [-0.25, -0.2) is 22.9 Å². The fraction of sp³-hybridized carbons (Fsp3) is 0.150. The molecule has 0 radical (unpaired) electrons. The molecule has 1 unspecified atom stereocenters. The van der Waals surface area contributed by atoms with Gasteiger partial charge in [0.25, 0.3) is 0 Å². The number of hydrogen-bond donors (Lipinski definition) is 3. The second-order valence-corrected chi connectivity index (χ2v) is 8.14. The van der Waals surface area contributed by atoms with Gasteiger partial charge in [-0.3, -0.25) is 0 Å². The van der Waals surface area contributed by atoms with Gasteiger partial charge in [0.05, 0.1) is 11.1 Å². The van der Waals surface area contributed by atoms with Crippen LogP contribution in [0.1, 0.15) is 12.5 Å². The van der Waals surface area contributed by atoms with Gasteiger partial charge in [-0.05, 0) is 55.8 Å². The van der Waals surface area contributed by atoms with Crippen molar-refractivity contribution in [2.24, 2.45) is 5.14 Å². The summed E-state index contributed by atoms with van der Waals surface area (Å²) in [5.74, 6) is -0.173. The molecular formula is C20H19FN6O3S. The molecule has 0 saturated carbocycles. The molecule has 11 heteroatoms. The Morgan fingerprint density at radius 3 is 2.61 bits per heavy atom. The molecule has 0 aliphatic carbocycles. The first-order valence-electron chi connectivity index (χ1n) is 9.02. The zero-order valence-electron chi connectivity index (χ0n) is 16.6. The predicted octanol–water partition coefficient (Wildman–Crippen LogP) is 3.35. The Balaban J connectivity index is 1.81. The second-order valence-electron chi connectivity index (χ2n) is 6.58. The number of hydrogen-bond acceptors (Lipinski definition) is 8. The quantitative estimate of drug-likeness (QED) is 0.505. The zero-order chi connectivity index (χ0) is 22.6. The van der Waals surface area contributed by atoms with E-state index < -0.39 is 21.9 Å². The molecule has 1 atom stereocenters. The van der Waals surface area contributed by atoms with E-state index in [1.54, 1.807) is 38.1 Å². The molecule has 4 N–H and O–H groups in total. The molecule has 0 aliphatic heterocycles. The van der Waals surface area contributed by atoms with Crippen molar-refractivity contribution in [2.75, 3.05) is 10.6 Å². The van der Waals surface area contributed by atoms with Gasteiger partial charge < -0.3 is 15.4 Å². The average Bonchev–Trinajstić information content (AvgIpc) is 2.72. The fourth-order valence-electron chi connectivity index (χ4n) is 2.61. The highest BCUT2D eigenvalue weighted by Gasteiger charge is 2.12. The van der Waals surface area contributed by atoms with Crippen LogP contribution in [0.5, 0.6) is 5.75 Å². The number of aryl methyl sites for hydroxylation is 1. The molecule has 0 fully saturated rings. The number of halogens is 1. The number of aromatic nitrogens is 2. The SMILES string of the molecule is Cc1cc(Nc2nc(Nc3cccc(S(N)(=O)=O)c3)ncc2F)ccc1OC(C)C#N. The van der Waals surface area contributed by atoms with Gasteiger partial charge in [0.2, 0.25) is 16.0 Å². The van der Waals surface area contributed by atoms with E-state index in [4.69, 9.17) is 15.1 Å². The number of benzene rings is 2. The van der Waals surface area contributed by atoms with Crippen molar-refractivity contribution in [2.45, 2.75) is 24.8 Å². The summed E-state index contributed by atoms with van der Waals surface area (Å²) in [5, 5.41) is 19.7. The average molecular weight is 442 g/mol. The van der Waals surface area contributed by atoms with Gasteiger partial charge in [-0.15, -0.1) is 0 Å². The highest BCUT2D eigenvalue weighted by molar-refractivity contribution is 7.89. The van der Waals surface area contributed by atoms with E-state index >= 15 is 0 Å². The Morgan fingerprint density at radius 2 is 1.94 bits per heavy atom. The maximum atomic E-state index is 14.2. The minimum Gasteiger partial charge on any atom is -0.476 e. The smallest absolute Gasteiger partial charge is 0.238 e. The number of primary sulfonamides is 1. The van der Waals surface area contributed by atoms with Crippen molar-refractivity contribution in [1.82, 2.24) is 9.97 Å². The van der Waals surface area contributed by atoms with Crippen LogP contribution in [0, 0.1) is 24.1 Å². The maximum Gasteiger partial charge on any atom is 0.238 e. The Morgan fingerprint density at radius 1 is 1.19 bits per heavy atom. The third-order valence-electron chi connectivity index (χ3n) is 4.09. The zero-order valence-corrected chi connectivity index (χ0v) is 17.4. The summed E-state index contributed by atoms with van der Waals surface area (Å²) < 4.78 is 42.7. The number of rotatable bonds is 7. The summed E-state index contributed by atoms with van der Waals surface area (Å²) >= 11 is 0. The molecule has 9 nitrogen and oxygen atoms in total. The standard InChI is InChI=1S/C20H19FN6O3S/c1-12-8-15(6-7-18(12)30-13(2)10-22)25-19-17(21)11-24-20(27-19)26-14-4-3-5-16(9-14)31(23,28)29/h3-9,11,13H,1-2H3,(H2,23,28,29)(H2,24,25,26,27). The lowest BCUT2D eigenvalue weighted by molar-refractivity contribution is 0.274. The van der Waals surface area contributed by atoms with E-state index in [0.717, 1.165) is 11.8 Å². The summed E-state index contributed by atoms with van der Waals surface area (Å²) in [4.78, 5) is 7.90. The normalized spacial score (nSPS) is 12.0. The second kappa shape index (κ2) is 8.95. The summed E-state index contributed by atoms with van der Waals surface area (Å²) in [7, 11) is -3.87. The molecule has 3 rings (SSSR count). The van der Waals surface area contributed by atoms with Crippen molar-refractivity contribution in [3.8, 4) is 11.8 Å². The van der Waals surface area contributed by atoms with Crippen LogP contribution in [-0.4, -0.2) is 24.5 Å². The van der Waals surface area contributed by atoms with Crippen LogP contribution in [0.25, 0.3) is 0 Å². The molecule has 0 saturated heterocycles. The first-order valence-corrected chi connectivity index (χ1v) is 10.6. The number of nitrogens with two attached hydrogens (primary N) is 1. The minimum atomic E-state index is -3.87. The van der Waals surface area contributed by atoms with Crippen LogP contribution >= 0.6 is 0 Å². The highest BCUT2D eigenvalue weighted by atomic mass is 32.2. The molecule has 1 aromatic heterocycles. The van der Waals surface area contributed by atoms with E-state index in [2.05, 4.69) is 20.6 Å². The lowest BCUT2D eigenvalue weighted by atomic mass is 10.2. The van der Waals surface area contributed by atoms with Crippen molar-refractivity contribution in [3.05, 3.63) is 60.0 Å². The van der Waals surface area contributed by atoms with Crippen LogP contribution in [0.2, 0.25) is 0 Å². The number of anilines is 4. The molecule has 2 aromatic carbocycles. The number of ether oxygens (including phenoxy) is 1. The van der Waals surface area contributed by atoms with Crippen LogP contribution in [0.3, 0.4) is 0 Å². The van der Waals surface area contributed by atoms with E-state index in [9.17, 15) is 12.8 Å². The predicted molar refractivity (Wildman–Crippen MR) is 113 cm³/mol. The Kier molecular flexibility index (Phi) is 6.33. The number of nitrogens with zero attached hydrogens (tertiary/aromatic N) is 3. The summed E-state index contributed by atoms with van der Waals surface area (Å²) in [6.07, 6.45) is 0.387. The fourth-order valence-corrected chi connectivity index (χ4v) is 3.17. The number of nitriles is 1. The number of sulfonamides is 1. The number of nitrogens with one attached hydrogen (secondary N) is 2. The van der Waals surface area contributed by atoms with Gasteiger partial charge in [-0.1, -0.05) is 6.07 Å². The van der Waals surface area contributed by atoms with E-state index in [1.165, 1.54) is 18.2 Å². The highest BCUT2D eigenvalue weighted by Crippen LogP contribution is 2.26. The molecule has 0 amide bonds. The Bertz CT molecular complexity index is 1260. The molecule has 0 spiro atoms. The largest absolute Gasteiger partial charge is 0.476 e. The van der Waals surface area contributed by atoms with Gasteiger partial charge >= 0.3 is 0 Å². The van der Waals surface area contributed by atoms with Gasteiger partial charge in [0.1, 0.15) is 11.8 Å². The van der Waals surface area contributed by atoms with Crippen molar-refractivity contribution >= 4 is 33.2 Å². The lowest BCUT2D eigenvalue weighted by Gasteiger charge is -2.13. The van der Waals surface area contributed by atoms with Gasteiger partial charge in [-0.2, -0.15) is 10.2 Å². The van der Waals surface area contributed by atoms with E-state index in [0.29, 0.717) is 17.1 Å². The third-order valence-corrected chi connectivity index (χ3v) is 5.00. The summed E-state index contributed by atoms with van der Waals surface area (Å²) in [6, 6.07) is 12.8. The van der Waals surface area contributed by atoms with Gasteiger partial charge in [0.15, 0.2) is 17.7 Å².